The number of hydrogen-bond acceptors (Lipinski definition) is 2. The van der Waals surface area contributed by atoms with E-state index >= 15 is 0 Å². The van der Waals surface area contributed by atoms with Gasteiger partial charge in [-0.3, -0.25) is 0 Å². The lowest BCUT2D eigenvalue weighted by Crippen LogP contribution is -2.47. The molecule has 14 heavy (non-hydrogen) atoms. The van der Waals surface area contributed by atoms with Crippen molar-refractivity contribution in [3.8, 4) is 0 Å². The van der Waals surface area contributed by atoms with Crippen LogP contribution in [0.1, 0.15) is 52.4 Å². The first kappa shape index (κ1) is 12.0. The molecule has 0 spiro atoms. The van der Waals surface area contributed by atoms with Crippen molar-refractivity contribution in [2.75, 3.05) is 13.1 Å². The van der Waals surface area contributed by atoms with E-state index in [1.165, 1.54) is 51.6 Å². The lowest BCUT2D eigenvalue weighted by Gasteiger charge is -2.38. The summed E-state index contributed by atoms with van der Waals surface area (Å²) in [4.78, 5) is 2.65. The van der Waals surface area contributed by atoms with Crippen LogP contribution in [0.25, 0.3) is 0 Å². The molecule has 1 heterocycles. The third-order valence-electron chi connectivity index (χ3n) is 3.28. The van der Waals surface area contributed by atoms with Gasteiger partial charge in [0.2, 0.25) is 0 Å². The average molecular weight is 198 g/mol. The monoisotopic (exact) mass is 198 g/mol. The van der Waals surface area contributed by atoms with Crippen LogP contribution in [-0.4, -0.2) is 30.1 Å². The lowest BCUT2D eigenvalue weighted by atomic mass is 9.94. The lowest BCUT2D eigenvalue weighted by molar-refractivity contribution is 0.126. The predicted octanol–water partition coefficient (Wildman–Crippen LogP) is 2.38. The summed E-state index contributed by atoms with van der Waals surface area (Å²) < 4.78 is 0. The molecule has 1 aliphatic rings. The van der Waals surface area contributed by atoms with Crippen LogP contribution in [0.15, 0.2) is 0 Å². The van der Waals surface area contributed by atoms with Gasteiger partial charge in [0.05, 0.1) is 0 Å². The molecule has 1 saturated heterocycles. The first-order chi connectivity index (χ1) is 6.77. The molecule has 1 rings (SSSR count). The summed E-state index contributed by atoms with van der Waals surface area (Å²) in [5, 5.41) is 0. The van der Waals surface area contributed by atoms with E-state index in [-0.39, 0.29) is 0 Å². The van der Waals surface area contributed by atoms with Crippen molar-refractivity contribution in [3.63, 3.8) is 0 Å². The summed E-state index contributed by atoms with van der Waals surface area (Å²) in [5.74, 6) is 0. The molecule has 0 bridgehead atoms. The molecule has 0 aromatic heterocycles. The van der Waals surface area contributed by atoms with Crippen molar-refractivity contribution in [3.05, 3.63) is 0 Å². The summed E-state index contributed by atoms with van der Waals surface area (Å²) in [5.41, 5.74) is 6.03. The van der Waals surface area contributed by atoms with Gasteiger partial charge in [-0.05, 0) is 38.8 Å². The summed E-state index contributed by atoms with van der Waals surface area (Å²) in [7, 11) is 0. The molecule has 2 heteroatoms. The number of unbranched alkanes of at least 4 members (excludes halogenated alkanes) is 1. The fourth-order valence-electron chi connectivity index (χ4n) is 2.45. The third-order valence-corrected chi connectivity index (χ3v) is 3.28. The van der Waals surface area contributed by atoms with Crippen molar-refractivity contribution < 1.29 is 0 Å². The molecular weight excluding hydrogens is 172 g/mol. The summed E-state index contributed by atoms with van der Waals surface area (Å²) in [6, 6.07) is 1.24. The van der Waals surface area contributed by atoms with E-state index in [2.05, 4.69) is 18.7 Å². The van der Waals surface area contributed by atoms with Gasteiger partial charge in [0.15, 0.2) is 0 Å². The van der Waals surface area contributed by atoms with Crippen molar-refractivity contribution in [1.29, 1.82) is 0 Å². The second-order valence-electron chi connectivity index (χ2n) is 4.62. The normalized spacial score (nSPS) is 29.4. The van der Waals surface area contributed by atoms with Crippen LogP contribution in [0.4, 0.5) is 0 Å². The van der Waals surface area contributed by atoms with E-state index in [1.807, 2.05) is 0 Å². The maximum atomic E-state index is 6.03. The van der Waals surface area contributed by atoms with Crippen LogP contribution < -0.4 is 5.73 Å². The van der Waals surface area contributed by atoms with E-state index < -0.39 is 0 Å². The van der Waals surface area contributed by atoms with Gasteiger partial charge in [0, 0.05) is 12.1 Å². The molecule has 0 aromatic rings. The van der Waals surface area contributed by atoms with Crippen LogP contribution in [0.2, 0.25) is 0 Å². The molecule has 2 nitrogen and oxygen atoms in total. The Balaban J connectivity index is 2.37. The Morgan fingerprint density at radius 1 is 1.29 bits per heavy atom. The number of hydrogen-bond donors (Lipinski definition) is 1. The van der Waals surface area contributed by atoms with E-state index in [1.54, 1.807) is 0 Å². The van der Waals surface area contributed by atoms with Crippen LogP contribution in [0, 0.1) is 0 Å². The first-order valence-electron chi connectivity index (χ1n) is 6.27. The van der Waals surface area contributed by atoms with Gasteiger partial charge in [-0.1, -0.05) is 26.7 Å². The fourth-order valence-corrected chi connectivity index (χ4v) is 2.45. The molecule has 84 valence electrons. The molecular formula is C12H26N2. The van der Waals surface area contributed by atoms with Crippen LogP contribution in [0.5, 0.6) is 0 Å². The molecule has 0 saturated carbocycles. The van der Waals surface area contributed by atoms with Crippen LogP contribution >= 0.6 is 0 Å². The van der Waals surface area contributed by atoms with E-state index in [4.69, 9.17) is 5.73 Å². The topological polar surface area (TPSA) is 29.3 Å². The predicted molar refractivity (Wildman–Crippen MR) is 62.4 cm³/mol. The Labute approximate surface area is 88.8 Å². The first-order valence-corrected chi connectivity index (χ1v) is 6.27. The second-order valence-corrected chi connectivity index (χ2v) is 4.62. The number of piperidine rings is 1. The Morgan fingerprint density at radius 2 is 2.07 bits per heavy atom. The van der Waals surface area contributed by atoms with Crippen molar-refractivity contribution >= 4 is 0 Å². The number of nitrogens with zero attached hydrogens (tertiary/aromatic N) is 1. The number of rotatable bonds is 5. The van der Waals surface area contributed by atoms with E-state index in [9.17, 15) is 0 Å². The van der Waals surface area contributed by atoms with Crippen molar-refractivity contribution in [2.45, 2.75) is 64.5 Å². The molecule has 2 N–H and O–H groups in total. The largest absolute Gasteiger partial charge is 0.328 e. The zero-order valence-corrected chi connectivity index (χ0v) is 9.84. The van der Waals surface area contributed by atoms with Gasteiger partial charge >= 0.3 is 0 Å². The Bertz CT molecular complexity index is 147. The van der Waals surface area contributed by atoms with E-state index in [0.717, 1.165) is 6.04 Å². The molecule has 0 radical (unpaired) electrons. The molecule has 0 aliphatic carbocycles. The minimum Gasteiger partial charge on any atom is -0.328 e. The van der Waals surface area contributed by atoms with Crippen LogP contribution in [-0.2, 0) is 0 Å². The Morgan fingerprint density at radius 3 is 2.71 bits per heavy atom. The number of likely N-dealkylation sites (tertiary alicyclic amines) is 1. The van der Waals surface area contributed by atoms with E-state index in [0.29, 0.717) is 6.04 Å². The summed E-state index contributed by atoms with van der Waals surface area (Å²) >= 11 is 0. The van der Waals surface area contributed by atoms with Crippen molar-refractivity contribution in [1.82, 2.24) is 4.90 Å². The highest BCUT2D eigenvalue weighted by Gasteiger charge is 2.24. The Kier molecular flexibility index (Phi) is 5.49. The minimum atomic E-state index is 0.463. The second kappa shape index (κ2) is 6.41. The van der Waals surface area contributed by atoms with Crippen molar-refractivity contribution in [2.24, 2.45) is 5.73 Å². The Hall–Kier alpha value is -0.0800. The van der Waals surface area contributed by atoms with Gasteiger partial charge in [-0.2, -0.15) is 0 Å². The third kappa shape index (κ3) is 3.58. The highest BCUT2D eigenvalue weighted by molar-refractivity contribution is 4.83. The molecule has 0 aromatic carbocycles. The number of nitrogens with two attached hydrogens (primary N) is 1. The maximum Gasteiger partial charge on any atom is 0.0110 e. The molecule has 2 atom stereocenters. The highest BCUT2D eigenvalue weighted by atomic mass is 15.2. The summed E-state index contributed by atoms with van der Waals surface area (Å²) in [6.45, 7) is 7.03. The molecule has 1 fully saturated rings. The van der Waals surface area contributed by atoms with Gasteiger partial charge in [0.25, 0.3) is 0 Å². The van der Waals surface area contributed by atoms with Gasteiger partial charge in [-0.25, -0.2) is 0 Å². The zero-order chi connectivity index (χ0) is 10.4. The minimum absolute atomic E-state index is 0.463. The average Bonchev–Trinajstić information content (AvgIpc) is 2.18. The molecule has 2 unspecified atom stereocenters. The standard InChI is InChI=1S/C12H26N2/c1-3-5-6-12-10-11(13)7-9-14(12)8-4-2/h11-12H,3-10,13H2,1-2H3. The quantitative estimate of drug-likeness (QED) is 0.735. The fraction of sp³-hybridized carbons (Fsp3) is 1.00. The smallest absolute Gasteiger partial charge is 0.0110 e. The SMILES string of the molecule is CCCCC1CC(N)CCN1CCC. The van der Waals surface area contributed by atoms with Crippen LogP contribution in [0.3, 0.4) is 0 Å². The van der Waals surface area contributed by atoms with Gasteiger partial charge in [0.1, 0.15) is 0 Å². The van der Waals surface area contributed by atoms with Gasteiger partial charge in [-0.15, -0.1) is 0 Å². The molecule has 0 amide bonds. The zero-order valence-electron chi connectivity index (χ0n) is 9.84. The maximum absolute atomic E-state index is 6.03. The van der Waals surface area contributed by atoms with Gasteiger partial charge < -0.3 is 10.6 Å². The molecule has 1 aliphatic heterocycles. The highest BCUT2D eigenvalue weighted by Crippen LogP contribution is 2.20. The summed E-state index contributed by atoms with van der Waals surface area (Å²) in [6.07, 6.45) is 7.72.